The van der Waals surface area contributed by atoms with E-state index >= 15 is 0 Å². The molecule has 2 rings (SSSR count). The molecule has 1 N–H and O–H groups in total. The molecule has 0 bridgehead atoms. The maximum Gasteiger partial charge on any atom is 0.123 e. The van der Waals surface area contributed by atoms with Crippen LogP contribution in [0.2, 0.25) is 0 Å². The number of thiophene rings is 1. The summed E-state index contributed by atoms with van der Waals surface area (Å²) in [5.74, 6) is -0.202. The van der Waals surface area contributed by atoms with Gasteiger partial charge < -0.3 is 5.32 Å². The van der Waals surface area contributed by atoms with E-state index in [4.69, 9.17) is 0 Å². The van der Waals surface area contributed by atoms with E-state index in [1.165, 1.54) is 6.07 Å². The monoisotopic (exact) mass is 313 g/mol. The SMILES string of the molecule is CNC(C)c1ccc(F)cc1-c1sccc1Br. The largest absolute Gasteiger partial charge is 0.313 e. The predicted octanol–water partition coefficient (Wildman–Crippen LogP) is 4.60. The summed E-state index contributed by atoms with van der Waals surface area (Å²) in [5, 5.41) is 5.19. The van der Waals surface area contributed by atoms with Crippen LogP contribution in [0.1, 0.15) is 18.5 Å². The first kappa shape index (κ1) is 12.7. The van der Waals surface area contributed by atoms with Gasteiger partial charge in [-0.15, -0.1) is 11.3 Å². The molecule has 1 heterocycles. The molecule has 0 spiro atoms. The van der Waals surface area contributed by atoms with Gasteiger partial charge in [0.15, 0.2) is 0 Å². The summed E-state index contributed by atoms with van der Waals surface area (Å²) in [6.45, 7) is 2.07. The Hall–Kier alpha value is -0.710. The molecule has 1 unspecified atom stereocenters. The molecular formula is C13H13BrFNS. The lowest BCUT2D eigenvalue weighted by Gasteiger charge is -2.15. The van der Waals surface area contributed by atoms with Crippen LogP contribution in [-0.2, 0) is 0 Å². The molecule has 1 nitrogen and oxygen atoms in total. The molecule has 0 saturated heterocycles. The summed E-state index contributed by atoms with van der Waals surface area (Å²) < 4.78 is 14.4. The molecule has 2 aromatic rings. The summed E-state index contributed by atoms with van der Waals surface area (Å²) in [6, 6.07) is 7.13. The minimum atomic E-state index is -0.202. The van der Waals surface area contributed by atoms with Gasteiger partial charge in [0.1, 0.15) is 5.82 Å². The van der Waals surface area contributed by atoms with Gasteiger partial charge in [0.25, 0.3) is 0 Å². The normalized spacial score (nSPS) is 12.7. The minimum Gasteiger partial charge on any atom is -0.313 e. The lowest BCUT2D eigenvalue weighted by atomic mass is 10.00. The highest BCUT2D eigenvalue weighted by molar-refractivity contribution is 9.10. The highest BCUT2D eigenvalue weighted by Crippen LogP contribution is 2.37. The van der Waals surface area contributed by atoms with Crippen molar-refractivity contribution in [1.82, 2.24) is 5.32 Å². The van der Waals surface area contributed by atoms with Crippen LogP contribution in [0.5, 0.6) is 0 Å². The Morgan fingerprint density at radius 3 is 2.71 bits per heavy atom. The molecule has 90 valence electrons. The first-order chi connectivity index (χ1) is 8.13. The van der Waals surface area contributed by atoms with Crippen LogP contribution >= 0.6 is 27.3 Å². The topological polar surface area (TPSA) is 12.0 Å². The van der Waals surface area contributed by atoms with Crippen molar-refractivity contribution in [2.75, 3.05) is 7.05 Å². The molecule has 0 fully saturated rings. The average molecular weight is 314 g/mol. The maximum absolute atomic E-state index is 13.4. The van der Waals surface area contributed by atoms with Crippen molar-refractivity contribution in [2.24, 2.45) is 0 Å². The number of halogens is 2. The zero-order valence-corrected chi connectivity index (χ0v) is 12.0. The number of benzene rings is 1. The van der Waals surface area contributed by atoms with Crippen LogP contribution < -0.4 is 5.32 Å². The van der Waals surface area contributed by atoms with E-state index in [9.17, 15) is 4.39 Å². The van der Waals surface area contributed by atoms with Crippen LogP contribution in [0.3, 0.4) is 0 Å². The Morgan fingerprint density at radius 2 is 2.12 bits per heavy atom. The van der Waals surface area contributed by atoms with Crippen LogP contribution in [0.4, 0.5) is 4.39 Å². The first-order valence-corrected chi connectivity index (χ1v) is 7.01. The van der Waals surface area contributed by atoms with Gasteiger partial charge in [-0.3, -0.25) is 0 Å². The van der Waals surface area contributed by atoms with Gasteiger partial charge in [-0.1, -0.05) is 6.07 Å². The summed E-state index contributed by atoms with van der Waals surface area (Å²) in [4.78, 5) is 1.07. The number of rotatable bonds is 3. The third kappa shape index (κ3) is 2.59. The summed E-state index contributed by atoms with van der Waals surface area (Å²) >= 11 is 5.11. The molecule has 0 aliphatic rings. The van der Waals surface area contributed by atoms with Crippen LogP contribution in [0.15, 0.2) is 34.1 Å². The van der Waals surface area contributed by atoms with E-state index in [-0.39, 0.29) is 11.9 Å². The Morgan fingerprint density at radius 1 is 1.35 bits per heavy atom. The molecule has 0 radical (unpaired) electrons. The average Bonchev–Trinajstić information content (AvgIpc) is 2.74. The smallest absolute Gasteiger partial charge is 0.123 e. The standard InChI is InChI=1S/C13H13BrFNS/c1-8(16-2)10-4-3-9(15)7-11(10)13-12(14)5-6-17-13/h3-8,16H,1-2H3. The van der Waals surface area contributed by atoms with Crippen LogP contribution in [0, 0.1) is 5.82 Å². The van der Waals surface area contributed by atoms with Gasteiger partial charge in [-0.2, -0.15) is 0 Å². The molecule has 0 amide bonds. The van der Waals surface area contributed by atoms with Crippen molar-refractivity contribution < 1.29 is 4.39 Å². The second kappa shape index (κ2) is 5.29. The van der Waals surface area contributed by atoms with Gasteiger partial charge in [-0.25, -0.2) is 4.39 Å². The Bertz CT molecular complexity index is 524. The van der Waals surface area contributed by atoms with Crippen molar-refractivity contribution in [2.45, 2.75) is 13.0 Å². The zero-order valence-electron chi connectivity index (χ0n) is 9.63. The van der Waals surface area contributed by atoms with Crippen molar-refractivity contribution >= 4 is 27.3 Å². The summed E-state index contributed by atoms with van der Waals surface area (Å²) in [6.07, 6.45) is 0. The fourth-order valence-corrected chi connectivity index (χ4v) is 3.37. The third-order valence-electron chi connectivity index (χ3n) is 2.78. The lowest BCUT2D eigenvalue weighted by molar-refractivity contribution is 0.620. The predicted molar refractivity (Wildman–Crippen MR) is 74.9 cm³/mol. The number of hydrogen-bond donors (Lipinski definition) is 1. The first-order valence-electron chi connectivity index (χ1n) is 5.33. The van der Waals surface area contributed by atoms with E-state index in [0.717, 1.165) is 20.5 Å². The molecular weight excluding hydrogens is 301 g/mol. The molecule has 1 aromatic heterocycles. The van der Waals surface area contributed by atoms with Crippen molar-refractivity contribution in [3.63, 3.8) is 0 Å². The molecule has 0 aliphatic heterocycles. The summed E-state index contributed by atoms with van der Waals surface area (Å²) in [5.41, 5.74) is 2.06. The van der Waals surface area contributed by atoms with Gasteiger partial charge in [0, 0.05) is 21.0 Å². The third-order valence-corrected chi connectivity index (χ3v) is 4.65. The van der Waals surface area contributed by atoms with Crippen LogP contribution in [0.25, 0.3) is 10.4 Å². The number of hydrogen-bond acceptors (Lipinski definition) is 2. The van der Waals surface area contributed by atoms with E-state index in [0.29, 0.717) is 0 Å². The molecule has 17 heavy (non-hydrogen) atoms. The Kier molecular flexibility index (Phi) is 3.97. The second-order valence-electron chi connectivity index (χ2n) is 3.84. The van der Waals surface area contributed by atoms with E-state index in [2.05, 4.69) is 28.2 Å². The van der Waals surface area contributed by atoms with E-state index in [1.807, 2.05) is 24.6 Å². The fourth-order valence-electron chi connectivity index (χ4n) is 1.74. The van der Waals surface area contributed by atoms with E-state index in [1.54, 1.807) is 17.4 Å². The lowest BCUT2D eigenvalue weighted by Crippen LogP contribution is -2.13. The van der Waals surface area contributed by atoms with Gasteiger partial charge in [0.2, 0.25) is 0 Å². The highest BCUT2D eigenvalue weighted by Gasteiger charge is 2.14. The number of nitrogens with one attached hydrogen (secondary N) is 1. The van der Waals surface area contributed by atoms with Gasteiger partial charge in [-0.05, 0) is 59.0 Å². The second-order valence-corrected chi connectivity index (χ2v) is 5.61. The quantitative estimate of drug-likeness (QED) is 0.873. The zero-order chi connectivity index (χ0) is 12.4. The van der Waals surface area contributed by atoms with Crippen molar-refractivity contribution in [1.29, 1.82) is 0 Å². The van der Waals surface area contributed by atoms with Crippen molar-refractivity contribution in [3.8, 4) is 10.4 Å². The van der Waals surface area contributed by atoms with Crippen molar-refractivity contribution in [3.05, 3.63) is 45.5 Å². The van der Waals surface area contributed by atoms with E-state index < -0.39 is 0 Å². The van der Waals surface area contributed by atoms with Gasteiger partial charge >= 0.3 is 0 Å². The Balaban J connectivity index is 2.59. The summed E-state index contributed by atoms with van der Waals surface area (Å²) in [7, 11) is 1.90. The molecule has 0 saturated carbocycles. The highest BCUT2D eigenvalue weighted by atomic mass is 79.9. The fraction of sp³-hybridized carbons (Fsp3) is 0.231. The molecule has 4 heteroatoms. The minimum absolute atomic E-state index is 0.194. The molecule has 1 atom stereocenters. The maximum atomic E-state index is 13.4. The molecule has 0 aliphatic carbocycles. The van der Waals surface area contributed by atoms with Crippen LogP contribution in [-0.4, -0.2) is 7.05 Å². The molecule has 1 aromatic carbocycles. The Labute approximate surface area is 113 Å². The van der Waals surface area contributed by atoms with Gasteiger partial charge in [0.05, 0.1) is 0 Å².